The van der Waals surface area contributed by atoms with Gasteiger partial charge in [0.2, 0.25) is 0 Å². The fraction of sp³-hybridized carbons (Fsp3) is 0.381. The maximum absolute atomic E-state index is 5.43. The molecule has 0 bridgehead atoms. The first-order chi connectivity index (χ1) is 12.4. The van der Waals surface area contributed by atoms with E-state index < -0.39 is 0 Å². The molecule has 4 nitrogen and oxygen atoms in total. The highest BCUT2D eigenvalue weighted by atomic mass is 16.5. The van der Waals surface area contributed by atoms with Crippen molar-refractivity contribution in [2.24, 2.45) is 0 Å². The largest absolute Gasteiger partial charge is 0.379 e. The topological polar surface area (TPSA) is 30.3 Å². The highest BCUT2D eigenvalue weighted by Crippen LogP contribution is 2.23. The summed E-state index contributed by atoms with van der Waals surface area (Å²) in [6.45, 7) is 5.93. The maximum Gasteiger partial charge on any atom is 0.0594 e. The number of aryl methyl sites for hydroxylation is 1. The Labute approximate surface area is 149 Å². The van der Waals surface area contributed by atoms with Gasteiger partial charge in [0.25, 0.3) is 0 Å². The van der Waals surface area contributed by atoms with Crippen LogP contribution in [0.25, 0.3) is 10.9 Å². The van der Waals surface area contributed by atoms with Crippen molar-refractivity contribution in [2.45, 2.75) is 19.4 Å². The first kappa shape index (κ1) is 16.3. The van der Waals surface area contributed by atoms with E-state index in [0.717, 1.165) is 45.8 Å². The zero-order chi connectivity index (χ0) is 16.9. The number of fused-ring (bicyclic) bond motifs is 1. The highest BCUT2D eigenvalue weighted by Gasteiger charge is 2.12. The van der Waals surface area contributed by atoms with Crippen molar-refractivity contribution in [2.75, 3.05) is 32.8 Å². The van der Waals surface area contributed by atoms with Crippen molar-refractivity contribution < 1.29 is 4.74 Å². The third-order valence-corrected chi connectivity index (χ3v) is 4.97. The van der Waals surface area contributed by atoms with Gasteiger partial charge in [-0.1, -0.05) is 24.3 Å². The van der Waals surface area contributed by atoms with Crippen LogP contribution in [0.5, 0.6) is 0 Å². The monoisotopic (exact) mass is 335 g/mol. The van der Waals surface area contributed by atoms with E-state index in [1.807, 2.05) is 18.5 Å². The second-order valence-electron chi connectivity index (χ2n) is 6.72. The molecule has 1 aliphatic heterocycles. The standard InChI is InChI=1S/C21H25N3O/c1-2-8-21-20(7-1)19(6-4-10-23-11-13-25-14-12-23)17-24(21)16-18-5-3-9-22-15-18/h1-3,5,7-9,15,17H,4,6,10-14,16H2. The number of morpholine rings is 1. The summed E-state index contributed by atoms with van der Waals surface area (Å²) in [5.74, 6) is 0. The van der Waals surface area contributed by atoms with E-state index in [-0.39, 0.29) is 0 Å². The lowest BCUT2D eigenvalue weighted by atomic mass is 10.1. The maximum atomic E-state index is 5.43. The minimum atomic E-state index is 0.873. The number of nitrogens with zero attached hydrogens (tertiary/aromatic N) is 3. The van der Waals surface area contributed by atoms with Gasteiger partial charge < -0.3 is 9.30 Å². The zero-order valence-electron chi connectivity index (χ0n) is 14.6. The first-order valence-corrected chi connectivity index (χ1v) is 9.16. The molecule has 130 valence electrons. The molecule has 1 aromatic carbocycles. The minimum Gasteiger partial charge on any atom is -0.379 e. The lowest BCUT2D eigenvalue weighted by Gasteiger charge is -2.26. The molecule has 0 radical (unpaired) electrons. The van der Waals surface area contributed by atoms with E-state index in [0.29, 0.717) is 0 Å². The van der Waals surface area contributed by atoms with Crippen molar-refractivity contribution in [3.8, 4) is 0 Å². The molecule has 4 heteroatoms. The quantitative estimate of drug-likeness (QED) is 0.692. The highest BCUT2D eigenvalue weighted by molar-refractivity contribution is 5.84. The van der Waals surface area contributed by atoms with E-state index in [2.05, 4.69) is 51.0 Å². The van der Waals surface area contributed by atoms with Gasteiger partial charge in [-0.15, -0.1) is 0 Å². The van der Waals surface area contributed by atoms with Gasteiger partial charge in [0, 0.05) is 49.1 Å². The average Bonchev–Trinajstić information content (AvgIpc) is 3.01. The van der Waals surface area contributed by atoms with Crippen LogP contribution >= 0.6 is 0 Å². The van der Waals surface area contributed by atoms with Crippen molar-refractivity contribution in [3.05, 3.63) is 66.1 Å². The Kier molecular flexibility index (Phi) is 5.09. The van der Waals surface area contributed by atoms with Crippen molar-refractivity contribution in [3.63, 3.8) is 0 Å². The number of ether oxygens (including phenoxy) is 1. The predicted molar refractivity (Wildman–Crippen MR) is 101 cm³/mol. The zero-order valence-corrected chi connectivity index (χ0v) is 14.6. The van der Waals surface area contributed by atoms with E-state index in [1.165, 1.54) is 28.5 Å². The second-order valence-corrected chi connectivity index (χ2v) is 6.72. The fourth-order valence-corrected chi connectivity index (χ4v) is 3.66. The van der Waals surface area contributed by atoms with Gasteiger partial charge in [-0.25, -0.2) is 0 Å². The van der Waals surface area contributed by atoms with Crippen LogP contribution in [-0.2, 0) is 17.7 Å². The Bertz CT molecular complexity index is 806. The van der Waals surface area contributed by atoms with Crippen molar-refractivity contribution in [1.29, 1.82) is 0 Å². The van der Waals surface area contributed by atoms with Crippen LogP contribution < -0.4 is 0 Å². The number of pyridine rings is 1. The number of aromatic nitrogens is 2. The van der Waals surface area contributed by atoms with E-state index in [4.69, 9.17) is 4.74 Å². The molecule has 3 heterocycles. The normalized spacial score (nSPS) is 15.7. The average molecular weight is 335 g/mol. The molecular formula is C21H25N3O. The van der Waals surface area contributed by atoms with E-state index >= 15 is 0 Å². The Hall–Kier alpha value is -2.17. The summed E-state index contributed by atoms with van der Waals surface area (Å²) >= 11 is 0. The van der Waals surface area contributed by atoms with Crippen molar-refractivity contribution >= 4 is 10.9 Å². The van der Waals surface area contributed by atoms with Gasteiger partial charge in [0.15, 0.2) is 0 Å². The third kappa shape index (κ3) is 3.91. The molecule has 1 fully saturated rings. The smallest absolute Gasteiger partial charge is 0.0594 e. The van der Waals surface area contributed by atoms with E-state index in [9.17, 15) is 0 Å². The number of hydrogen-bond donors (Lipinski definition) is 0. The molecule has 0 N–H and O–H groups in total. The summed E-state index contributed by atoms with van der Waals surface area (Å²) in [7, 11) is 0. The van der Waals surface area contributed by atoms with Crippen molar-refractivity contribution in [1.82, 2.24) is 14.5 Å². The van der Waals surface area contributed by atoms with Crippen LogP contribution in [0.2, 0.25) is 0 Å². The van der Waals surface area contributed by atoms with Gasteiger partial charge in [-0.05, 0) is 42.6 Å². The summed E-state index contributed by atoms with van der Waals surface area (Å²) < 4.78 is 7.79. The van der Waals surface area contributed by atoms with Gasteiger partial charge in [0.1, 0.15) is 0 Å². The SMILES string of the molecule is c1cncc(Cn2cc(CCCN3CCOCC3)c3ccccc32)c1. The molecule has 0 unspecified atom stereocenters. The summed E-state index contributed by atoms with van der Waals surface area (Å²) in [5.41, 5.74) is 4.00. The van der Waals surface area contributed by atoms with Gasteiger partial charge >= 0.3 is 0 Å². The molecule has 0 amide bonds. The number of benzene rings is 1. The molecule has 25 heavy (non-hydrogen) atoms. The molecule has 1 aliphatic rings. The van der Waals surface area contributed by atoms with Crippen LogP contribution in [-0.4, -0.2) is 47.3 Å². The second kappa shape index (κ2) is 7.81. The van der Waals surface area contributed by atoms with E-state index in [1.54, 1.807) is 0 Å². The predicted octanol–water partition coefficient (Wildman–Crippen LogP) is 3.35. The van der Waals surface area contributed by atoms with Crippen LogP contribution in [0.1, 0.15) is 17.5 Å². The Morgan fingerprint density at radius 2 is 1.92 bits per heavy atom. The summed E-state index contributed by atoms with van der Waals surface area (Å²) in [6, 6.07) is 12.9. The first-order valence-electron chi connectivity index (χ1n) is 9.16. The van der Waals surface area contributed by atoms with Gasteiger partial charge in [0.05, 0.1) is 13.2 Å². The fourth-order valence-electron chi connectivity index (χ4n) is 3.66. The number of rotatable bonds is 6. The lowest BCUT2D eigenvalue weighted by Crippen LogP contribution is -2.36. The van der Waals surface area contributed by atoms with Gasteiger partial charge in [-0.2, -0.15) is 0 Å². The molecule has 4 rings (SSSR count). The molecule has 0 spiro atoms. The molecule has 1 saturated heterocycles. The molecule has 2 aromatic heterocycles. The van der Waals surface area contributed by atoms with Crippen LogP contribution in [0.3, 0.4) is 0 Å². The van der Waals surface area contributed by atoms with Gasteiger partial charge in [-0.3, -0.25) is 9.88 Å². The molecule has 0 atom stereocenters. The summed E-state index contributed by atoms with van der Waals surface area (Å²) in [5, 5.41) is 1.38. The lowest BCUT2D eigenvalue weighted by molar-refractivity contribution is 0.0375. The molecule has 0 saturated carbocycles. The van der Waals surface area contributed by atoms with Crippen LogP contribution in [0, 0.1) is 0 Å². The summed E-state index contributed by atoms with van der Waals surface area (Å²) in [6.07, 6.45) is 8.43. The molecular weight excluding hydrogens is 310 g/mol. The third-order valence-electron chi connectivity index (χ3n) is 4.97. The van der Waals surface area contributed by atoms with Crippen LogP contribution in [0.15, 0.2) is 55.0 Å². The minimum absolute atomic E-state index is 0.873. The molecule has 3 aromatic rings. The summed E-state index contributed by atoms with van der Waals surface area (Å²) in [4.78, 5) is 6.75. The Morgan fingerprint density at radius 1 is 1.04 bits per heavy atom. The van der Waals surface area contributed by atoms with Crippen LogP contribution in [0.4, 0.5) is 0 Å². The number of para-hydroxylation sites is 1. The Morgan fingerprint density at radius 3 is 2.76 bits per heavy atom. The Balaban J connectivity index is 1.48. The molecule has 0 aliphatic carbocycles. The number of hydrogen-bond acceptors (Lipinski definition) is 3.